The number of alkyl halides is 3. The second-order valence-corrected chi connectivity index (χ2v) is 5.29. The van der Waals surface area contributed by atoms with Crippen molar-refractivity contribution in [2.75, 3.05) is 0 Å². The lowest BCUT2D eigenvalue weighted by Crippen LogP contribution is -2.29. The second-order valence-electron chi connectivity index (χ2n) is 5.29. The van der Waals surface area contributed by atoms with E-state index >= 15 is 0 Å². The van der Waals surface area contributed by atoms with Crippen LogP contribution in [0, 0.1) is 6.92 Å². The highest BCUT2D eigenvalue weighted by molar-refractivity contribution is 5.44. The highest BCUT2D eigenvalue weighted by Gasteiger charge is 2.34. The third-order valence-electron chi connectivity index (χ3n) is 3.14. The molecule has 0 atom stereocenters. The first-order valence-electron chi connectivity index (χ1n) is 6.13. The summed E-state index contributed by atoms with van der Waals surface area (Å²) in [7, 11) is 0. The van der Waals surface area contributed by atoms with E-state index in [1.165, 1.54) is 23.0 Å². The molecule has 2 N–H and O–H groups in total. The number of halogens is 3. The van der Waals surface area contributed by atoms with Crippen molar-refractivity contribution in [3.63, 3.8) is 0 Å². The van der Waals surface area contributed by atoms with Crippen LogP contribution in [0.25, 0.3) is 5.69 Å². The molecule has 0 bridgehead atoms. The van der Waals surface area contributed by atoms with E-state index in [4.69, 9.17) is 5.73 Å². The van der Waals surface area contributed by atoms with Crippen LogP contribution < -0.4 is 5.73 Å². The Labute approximate surface area is 115 Å². The molecule has 108 valence electrons. The van der Waals surface area contributed by atoms with Crippen molar-refractivity contribution in [1.29, 1.82) is 0 Å². The van der Waals surface area contributed by atoms with Gasteiger partial charge in [0.2, 0.25) is 0 Å². The number of aromatic nitrogens is 2. The molecule has 0 saturated heterocycles. The summed E-state index contributed by atoms with van der Waals surface area (Å²) >= 11 is 0. The fourth-order valence-corrected chi connectivity index (χ4v) is 2.18. The summed E-state index contributed by atoms with van der Waals surface area (Å²) in [5, 5.41) is 4.06. The van der Waals surface area contributed by atoms with Gasteiger partial charge in [0.05, 0.1) is 17.4 Å². The first kappa shape index (κ1) is 14.6. The zero-order valence-electron chi connectivity index (χ0n) is 11.5. The van der Waals surface area contributed by atoms with Crippen LogP contribution in [0.4, 0.5) is 13.2 Å². The van der Waals surface area contributed by atoms with Crippen LogP contribution in [0.5, 0.6) is 0 Å². The Bertz CT molecular complexity index is 621. The summed E-state index contributed by atoms with van der Waals surface area (Å²) < 4.78 is 40.4. The summed E-state index contributed by atoms with van der Waals surface area (Å²) in [6.45, 7) is 5.29. The molecule has 0 unspecified atom stereocenters. The molecule has 0 saturated carbocycles. The van der Waals surface area contributed by atoms with E-state index in [2.05, 4.69) is 5.10 Å². The van der Waals surface area contributed by atoms with Gasteiger partial charge < -0.3 is 5.73 Å². The van der Waals surface area contributed by atoms with Gasteiger partial charge in [-0.05, 0) is 32.9 Å². The third kappa shape index (κ3) is 2.56. The minimum atomic E-state index is -4.42. The van der Waals surface area contributed by atoms with Gasteiger partial charge in [-0.15, -0.1) is 0 Å². The number of nitrogens with two attached hydrogens (primary N) is 1. The molecule has 0 spiro atoms. The molecular weight excluding hydrogens is 267 g/mol. The molecule has 1 aromatic heterocycles. The van der Waals surface area contributed by atoms with Crippen molar-refractivity contribution < 1.29 is 13.2 Å². The fourth-order valence-electron chi connectivity index (χ4n) is 2.18. The Morgan fingerprint density at radius 2 is 1.70 bits per heavy atom. The number of hydrogen-bond donors (Lipinski definition) is 1. The Hall–Kier alpha value is -1.82. The molecule has 1 aromatic carbocycles. The van der Waals surface area contributed by atoms with Crippen LogP contribution in [-0.4, -0.2) is 9.78 Å². The SMILES string of the molecule is Cc1c(C(C)(C)N)cnn1-c1ccccc1C(F)(F)F. The van der Waals surface area contributed by atoms with Gasteiger partial charge in [-0.1, -0.05) is 12.1 Å². The van der Waals surface area contributed by atoms with E-state index < -0.39 is 17.3 Å². The van der Waals surface area contributed by atoms with Crippen molar-refractivity contribution in [2.24, 2.45) is 5.73 Å². The minimum Gasteiger partial charge on any atom is -0.322 e. The third-order valence-corrected chi connectivity index (χ3v) is 3.14. The van der Waals surface area contributed by atoms with Crippen LogP contribution in [0.15, 0.2) is 30.5 Å². The van der Waals surface area contributed by atoms with Gasteiger partial charge in [0.1, 0.15) is 0 Å². The first-order chi connectivity index (χ1) is 9.12. The predicted octanol–water partition coefficient (Wildman–Crippen LogP) is 3.39. The smallest absolute Gasteiger partial charge is 0.322 e. The first-order valence-corrected chi connectivity index (χ1v) is 6.13. The lowest BCUT2D eigenvalue weighted by atomic mass is 9.96. The molecule has 2 rings (SSSR count). The van der Waals surface area contributed by atoms with E-state index in [0.29, 0.717) is 5.69 Å². The fraction of sp³-hybridized carbons (Fsp3) is 0.357. The summed E-state index contributed by atoms with van der Waals surface area (Å²) in [4.78, 5) is 0. The number of para-hydroxylation sites is 1. The van der Waals surface area contributed by atoms with E-state index in [1.807, 2.05) is 0 Å². The van der Waals surface area contributed by atoms with Crippen molar-refractivity contribution in [3.8, 4) is 5.69 Å². The molecule has 0 amide bonds. The maximum Gasteiger partial charge on any atom is 0.418 e. The highest BCUT2D eigenvalue weighted by Crippen LogP contribution is 2.34. The molecule has 2 aromatic rings. The zero-order chi connectivity index (χ0) is 15.1. The standard InChI is InChI=1S/C14H16F3N3/c1-9-11(13(2,3)18)8-19-20(9)12-7-5-4-6-10(12)14(15,16)17/h4-8H,18H2,1-3H3. The summed E-state index contributed by atoms with van der Waals surface area (Å²) in [5.74, 6) is 0. The number of nitrogens with zero attached hydrogens (tertiary/aromatic N) is 2. The molecule has 0 aliphatic rings. The van der Waals surface area contributed by atoms with Crippen molar-refractivity contribution in [1.82, 2.24) is 9.78 Å². The molecule has 1 heterocycles. The maximum absolute atomic E-state index is 13.0. The van der Waals surface area contributed by atoms with Gasteiger partial charge >= 0.3 is 6.18 Å². The molecular formula is C14H16F3N3. The van der Waals surface area contributed by atoms with Gasteiger partial charge in [0, 0.05) is 16.8 Å². The van der Waals surface area contributed by atoms with Crippen molar-refractivity contribution in [3.05, 3.63) is 47.3 Å². The maximum atomic E-state index is 13.0. The summed E-state index contributed by atoms with van der Waals surface area (Å²) in [5.41, 5.74) is 5.96. The lowest BCUT2D eigenvalue weighted by Gasteiger charge is -2.19. The normalized spacial score (nSPS) is 12.8. The monoisotopic (exact) mass is 283 g/mol. The molecule has 6 heteroatoms. The molecule has 0 fully saturated rings. The van der Waals surface area contributed by atoms with Crippen LogP contribution in [-0.2, 0) is 11.7 Å². The molecule has 20 heavy (non-hydrogen) atoms. The largest absolute Gasteiger partial charge is 0.418 e. The Kier molecular flexibility index (Phi) is 3.37. The van der Waals surface area contributed by atoms with E-state index in [-0.39, 0.29) is 5.69 Å². The summed E-state index contributed by atoms with van der Waals surface area (Å²) in [6, 6.07) is 5.36. The van der Waals surface area contributed by atoms with Crippen LogP contribution in [0.1, 0.15) is 30.7 Å². The topological polar surface area (TPSA) is 43.8 Å². The predicted molar refractivity (Wildman–Crippen MR) is 70.5 cm³/mol. The Morgan fingerprint density at radius 1 is 1.10 bits per heavy atom. The van der Waals surface area contributed by atoms with Gasteiger partial charge in [-0.25, -0.2) is 4.68 Å². The van der Waals surface area contributed by atoms with E-state index in [1.54, 1.807) is 26.8 Å². The Morgan fingerprint density at radius 3 is 2.20 bits per heavy atom. The van der Waals surface area contributed by atoms with E-state index in [0.717, 1.165) is 11.6 Å². The average Bonchev–Trinajstić information content (AvgIpc) is 2.69. The molecule has 3 nitrogen and oxygen atoms in total. The molecule has 0 radical (unpaired) electrons. The molecule has 0 aliphatic heterocycles. The van der Waals surface area contributed by atoms with Crippen LogP contribution >= 0.6 is 0 Å². The van der Waals surface area contributed by atoms with Gasteiger partial charge in [-0.2, -0.15) is 18.3 Å². The quantitative estimate of drug-likeness (QED) is 0.918. The highest BCUT2D eigenvalue weighted by atomic mass is 19.4. The van der Waals surface area contributed by atoms with E-state index in [9.17, 15) is 13.2 Å². The van der Waals surface area contributed by atoms with Crippen molar-refractivity contribution in [2.45, 2.75) is 32.5 Å². The average molecular weight is 283 g/mol. The molecule has 0 aliphatic carbocycles. The van der Waals surface area contributed by atoms with Crippen LogP contribution in [0.2, 0.25) is 0 Å². The number of benzene rings is 1. The zero-order valence-corrected chi connectivity index (χ0v) is 11.5. The Balaban J connectivity index is 2.63. The van der Waals surface area contributed by atoms with Crippen LogP contribution in [0.3, 0.4) is 0 Å². The number of hydrogen-bond acceptors (Lipinski definition) is 2. The second kappa shape index (κ2) is 4.63. The van der Waals surface area contributed by atoms with Gasteiger partial charge in [0.25, 0.3) is 0 Å². The van der Waals surface area contributed by atoms with Crippen molar-refractivity contribution >= 4 is 0 Å². The van der Waals surface area contributed by atoms with Gasteiger partial charge in [0.15, 0.2) is 0 Å². The summed E-state index contributed by atoms with van der Waals surface area (Å²) in [6.07, 6.45) is -2.91. The minimum absolute atomic E-state index is 0.00741. The van der Waals surface area contributed by atoms with Gasteiger partial charge in [-0.3, -0.25) is 0 Å². The lowest BCUT2D eigenvalue weighted by molar-refractivity contribution is -0.137. The number of rotatable bonds is 2.